The van der Waals surface area contributed by atoms with Crippen LogP contribution < -0.4 is 10.6 Å². The van der Waals surface area contributed by atoms with E-state index in [-0.39, 0.29) is 29.3 Å². The Labute approximate surface area is 160 Å². The van der Waals surface area contributed by atoms with Gasteiger partial charge in [0.05, 0.1) is 5.75 Å². The van der Waals surface area contributed by atoms with Gasteiger partial charge in [0, 0.05) is 27.8 Å². The Morgan fingerprint density at radius 1 is 1.04 bits per heavy atom. The number of amides is 2. The Bertz CT molecular complexity index is 879. The van der Waals surface area contributed by atoms with Crippen LogP contribution in [-0.4, -0.2) is 23.4 Å². The number of thioether (sulfide) groups is 1. The van der Waals surface area contributed by atoms with Crippen molar-refractivity contribution in [3.05, 3.63) is 53.8 Å². The second kappa shape index (κ2) is 8.35. The molecule has 0 aromatic heterocycles. The SMILES string of the molecule is CC(=O)c1ccc(SCC(=O)Nc2ccc(NC(=O)C3CC3)cc2)c(F)c1. The standard InChI is InChI=1S/C20H19FN2O3S/c1-12(24)14-4-9-18(17(21)10-14)27-11-19(25)22-15-5-7-16(8-6-15)23-20(26)13-2-3-13/h4-10,13H,2-3,11H2,1H3,(H,22,25)(H,23,26). The Kier molecular flexibility index (Phi) is 5.91. The number of carbonyl (C=O) groups excluding carboxylic acids is 3. The minimum Gasteiger partial charge on any atom is -0.326 e. The van der Waals surface area contributed by atoms with E-state index in [0.717, 1.165) is 24.6 Å². The third-order valence-corrected chi connectivity index (χ3v) is 5.13. The van der Waals surface area contributed by atoms with Crippen LogP contribution in [0.3, 0.4) is 0 Å². The van der Waals surface area contributed by atoms with Crippen LogP contribution in [-0.2, 0) is 9.59 Å². The maximum atomic E-state index is 14.0. The third-order valence-electron chi connectivity index (χ3n) is 4.08. The zero-order chi connectivity index (χ0) is 19.4. The topological polar surface area (TPSA) is 75.3 Å². The predicted octanol–water partition coefficient (Wildman–Crippen LogP) is 4.11. The van der Waals surface area contributed by atoms with Gasteiger partial charge >= 0.3 is 0 Å². The largest absolute Gasteiger partial charge is 0.326 e. The van der Waals surface area contributed by atoms with Crippen molar-refractivity contribution in [2.75, 3.05) is 16.4 Å². The van der Waals surface area contributed by atoms with Gasteiger partial charge in [-0.25, -0.2) is 4.39 Å². The van der Waals surface area contributed by atoms with E-state index in [4.69, 9.17) is 0 Å². The van der Waals surface area contributed by atoms with E-state index < -0.39 is 5.82 Å². The molecule has 0 spiro atoms. The molecule has 0 aliphatic heterocycles. The smallest absolute Gasteiger partial charge is 0.234 e. The highest BCUT2D eigenvalue weighted by Gasteiger charge is 2.29. The molecule has 1 saturated carbocycles. The second-order valence-electron chi connectivity index (χ2n) is 6.38. The molecule has 2 amide bonds. The number of ketones is 1. The van der Waals surface area contributed by atoms with Gasteiger partial charge in [0.1, 0.15) is 5.82 Å². The van der Waals surface area contributed by atoms with E-state index in [2.05, 4.69) is 10.6 Å². The van der Waals surface area contributed by atoms with E-state index in [9.17, 15) is 18.8 Å². The lowest BCUT2D eigenvalue weighted by Gasteiger charge is -2.08. The summed E-state index contributed by atoms with van der Waals surface area (Å²) in [5.41, 5.74) is 1.58. The van der Waals surface area contributed by atoms with Crippen molar-refractivity contribution in [2.24, 2.45) is 5.92 Å². The van der Waals surface area contributed by atoms with Crippen LogP contribution in [0.5, 0.6) is 0 Å². The monoisotopic (exact) mass is 386 g/mol. The number of Topliss-reactive ketones (excluding diaryl/α,β-unsaturated/α-hetero) is 1. The summed E-state index contributed by atoms with van der Waals surface area (Å²) in [6.07, 6.45) is 1.88. The molecule has 2 N–H and O–H groups in total. The fourth-order valence-corrected chi connectivity index (χ4v) is 3.12. The lowest BCUT2D eigenvalue weighted by Crippen LogP contribution is -2.15. The summed E-state index contributed by atoms with van der Waals surface area (Å²) in [7, 11) is 0. The lowest BCUT2D eigenvalue weighted by atomic mass is 10.1. The Hall–Kier alpha value is -2.67. The molecule has 0 bridgehead atoms. The van der Waals surface area contributed by atoms with Gasteiger partial charge in [-0.3, -0.25) is 14.4 Å². The first-order chi connectivity index (χ1) is 12.9. The predicted molar refractivity (Wildman–Crippen MR) is 104 cm³/mol. The fraction of sp³-hybridized carbons (Fsp3) is 0.250. The molecule has 0 unspecified atom stereocenters. The van der Waals surface area contributed by atoms with Crippen LogP contribution in [0, 0.1) is 11.7 Å². The van der Waals surface area contributed by atoms with Gasteiger partial charge in [-0.2, -0.15) is 0 Å². The first-order valence-corrected chi connectivity index (χ1v) is 9.55. The number of hydrogen-bond acceptors (Lipinski definition) is 4. The van der Waals surface area contributed by atoms with Crippen LogP contribution in [0.1, 0.15) is 30.1 Å². The number of rotatable bonds is 7. The number of nitrogens with one attached hydrogen (secondary N) is 2. The van der Waals surface area contributed by atoms with Gasteiger partial charge in [0.2, 0.25) is 11.8 Å². The average molecular weight is 386 g/mol. The highest BCUT2D eigenvalue weighted by atomic mass is 32.2. The lowest BCUT2D eigenvalue weighted by molar-refractivity contribution is -0.117. The molecule has 3 rings (SSSR count). The van der Waals surface area contributed by atoms with Crippen molar-refractivity contribution < 1.29 is 18.8 Å². The molecule has 0 atom stereocenters. The molecular weight excluding hydrogens is 367 g/mol. The second-order valence-corrected chi connectivity index (χ2v) is 7.40. The summed E-state index contributed by atoms with van der Waals surface area (Å²) in [5.74, 6) is -0.801. The van der Waals surface area contributed by atoms with Gasteiger partial charge in [-0.1, -0.05) is 6.07 Å². The Morgan fingerprint density at radius 3 is 2.22 bits per heavy atom. The molecule has 27 heavy (non-hydrogen) atoms. The molecule has 7 heteroatoms. The van der Waals surface area contributed by atoms with Crippen LogP contribution in [0.25, 0.3) is 0 Å². The molecule has 1 aliphatic carbocycles. The molecule has 0 radical (unpaired) electrons. The Morgan fingerprint density at radius 2 is 1.67 bits per heavy atom. The fourth-order valence-electron chi connectivity index (χ4n) is 2.40. The summed E-state index contributed by atoms with van der Waals surface area (Å²) < 4.78 is 14.0. The summed E-state index contributed by atoms with van der Waals surface area (Å²) in [5, 5.41) is 5.56. The molecular formula is C20H19FN2O3S. The molecule has 140 valence electrons. The molecule has 2 aromatic rings. The number of carbonyl (C=O) groups is 3. The quantitative estimate of drug-likeness (QED) is 0.555. The van der Waals surface area contributed by atoms with E-state index >= 15 is 0 Å². The summed E-state index contributed by atoms with van der Waals surface area (Å²) in [6.45, 7) is 1.37. The van der Waals surface area contributed by atoms with Crippen molar-refractivity contribution in [1.82, 2.24) is 0 Å². The minimum absolute atomic E-state index is 0.0287. The van der Waals surface area contributed by atoms with Crippen molar-refractivity contribution in [3.8, 4) is 0 Å². The first kappa shape index (κ1) is 19.1. The van der Waals surface area contributed by atoms with Crippen molar-refractivity contribution in [1.29, 1.82) is 0 Å². The van der Waals surface area contributed by atoms with Crippen molar-refractivity contribution in [3.63, 3.8) is 0 Å². The van der Waals surface area contributed by atoms with Crippen LogP contribution in [0.4, 0.5) is 15.8 Å². The zero-order valence-electron chi connectivity index (χ0n) is 14.8. The van der Waals surface area contributed by atoms with Crippen LogP contribution >= 0.6 is 11.8 Å². The molecule has 5 nitrogen and oxygen atoms in total. The van der Waals surface area contributed by atoms with E-state index in [1.165, 1.54) is 19.1 Å². The normalized spacial score (nSPS) is 13.1. The number of benzene rings is 2. The van der Waals surface area contributed by atoms with Gasteiger partial charge in [0.25, 0.3) is 0 Å². The van der Waals surface area contributed by atoms with Crippen LogP contribution in [0.15, 0.2) is 47.4 Å². The highest BCUT2D eigenvalue weighted by molar-refractivity contribution is 8.00. The van der Waals surface area contributed by atoms with Gasteiger partial charge < -0.3 is 10.6 Å². The van der Waals surface area contributed by atoms with Crippen LogP contribution in [0.2, 0.25) is 0 Å². The summed E-state index contributed by atoms with van der Waals surface area (Å²) in [6, 6.07) is 11.1. The number of anilines is 2. The Balaban J connectivity index is 1.50. The summed E-state index contributed by atoms with van der Waals surface area (Å²) >= 11 is 1.06. The third kappa shape index (κ3) is 5.40. The zero-order valence-corrected chi connectivity index (χ0v) is 15.6. The molecule has 2 aromatic carbocycles. The van der Waals surface area contributed by atoms with Gasteiger partial charge in [0.15, 0.2) is 5.78 Å². The van der Waals surface area contributed by atoms with Crippen molar-refractivity contribution in [2.45, 2.75) is 24.7 Å². The van der Waals surface area contributed by atoms with E-state index in [0.29, 0.717) is 21.8 Å². The maximum absolute atomic E-state index is 14.0. The minimum atomic E-state index is -0.517. The van der Waals surface area contributed by atoms with Gasteiger partial charge in [-0.05, 0) is 56.2 Å². The van der Waals surface area contributed by atoms with Gasteiger partial charge in [-0.15, -0.1) is 11.8 Å². The molecule has 1 fully saturated rings. The number of halogens is 1. The number of hydrogen-bond donors (Lipinski definition) is 2. The average Bonchev–Trinajstić information content (AvgIpc) is 3.47. The molecule has 1 aliphatic rings. The van der Waals surface area contributed by atoms with E-state index in [1.807, 2.05) is 0 Å². The maximum Gasteiger partial charge on any atom is 0.234 e. The molecule has 0 saturated heterocycles. The molecule has 0 heterocycles. The van der Waals surface area contributed by atoms with Crippen molar-refractivity contribution >= 4 is 40.7 Å². The summed E-state index contributed by atoms with van der Waals surface area (Å²) in [4.78, 5) is 35.3. The first-order valence-electron chi connectivity index (χ1n) is 8.56. The highest BCUT2D eigenvalue weighted by Crippen LogP contribution is 2.30. The van der Waals surface area contributed by atoms with E-state index in [1.54, 1.807) is 30.3 Å².